The highest BCUT2D eigenvalue weighted by Gasteiger charge is 2.53. The van der Waals surface area contributed by atoms with E-state index < -0.39 is 0 Å². The Morgan fingerprint density at radius 2 is 1.80 bits per heavy atom. The van der Waals surface area contributed by atoms with Crippen LogP contribution in [0.1, 0.15) is 30.5 Å². The minimum Gasteiger partial charge on any atom is -0.393 e. The Balaban J connectivity index is 1.58. The van der Waals surface area contributed by atoms with Gasteiger partial charge in [-0.25, -0.2) is 0 Å². The van der Waals surface area contributed by atoms with Gasteiger partial charge in [-0.05, 0) is 31.0 Å². The first kappa shape index (κ1) is 16.8. The van der Waals surface area contributed by atoms with Gasteiger partial charge in [-0.3, -0.25) is 4.90 Å². The highest BCUT2D eigenvalue weighted by Crippen LogP contribution is 2.50. The third-order valence-corrected chi connectivity index (χ3v) is 6.38. The summed E-state index contributed by atoms with van der Waals surface area (Å²) < 4.78 is 0. The fraction of sp³-hybridized carbons (Fsp3) is 0.455. The van der Waals surface area contributed by atoms with Gasteiger partial charge in [0.25, 0.3) is 0 Å². The van der Waals surface area contributed by atoms with E-state index >= 15 is 0 Å². The van der Waals surface area contributed by atoms with E-state index in [0.29, 0.717) is 12.0 Å². The smallest absolute Gasteiger partial charge is 0.0584 e. The molecule has 0 radical (unpaired) electrons. The zero-order valence-corrected chi connectivity index (χ0v) is 14.9. The van der Waals surface area contributed by atoms with Gasteiger partial charge in [-0.2, -0.15) is 0 Å². The van der Waals surface area contributed by atoms with Crippen molar-refractivity contribution in [2.75, 3.05) is 19.6 Å². The summed E-state index contributed by atoms with van der Waals surface area (Å²) in [7, 11) is 0. The molecule has 4 atom stereocenters. The fourth-order valence-electron chi connectivity index (χ4n) is 4.86. The number of benzene rings is 2. The first-order valence-electron chi connectivity index (χ1n) is 9.42. The SMILES string of the molecule is C[C@@H](O)[C@@]12CCN(Cc3ccccc3)C[C@@H]1[C@@H](c1ccccc1)NC2. The summed E-state index contributed by atoms with van der Waals surface area (Å²) in [6.45, 7) is 5.98. The Labute approximate surface area is 150 Å². The van der Waals surface area contributed by atoms with Crippen LogP contribution in [0.5, 0.6) is 0 Å². The number of hydrogen-bond acceptors (Lipinski definition) is 3. The minimum absolute atomic E-state index is 0.00625. The molecule has 25 heavy (non-hydrogen) atoms. The van der Waals surface area contributed by atoms with Gasteiger partial charge in [0.1, 0.15) is 0 Å². The summed E-state index contributed by atoms with van der Waals surface area (Å²) in [5, 5.41) is 14.4. The van der Waals surface area contributed by atoms with E-state index in [1.165, 1.54) is 11.1 Å². The van der Waals surface area contributed by atoms with E-state index in [1.807, 2.05) is 6.92 Å². The summed E-state index contributed by atoms with van der Waals surface area (Å²) in [5.41, 5.74) is 2.71. The fourth-order valence-corrected chi connectivity index (χ4v) is 4.86. The molecule has 3 nitrogen and oxygen atoms in total. The van der Waals surface area contributed by atoms with Crippen molar-refractivity contribution in [2.45, 2.75) is 32.0 Å². The summed E-state index contributed by atoms with van der Waals surface area (Å²) in [6, 6.07) is 21.8. The van der Waals surface area contributed by atoms with Crippen molar-refractivity contribution in [3.05, 3.63) is 71.8 Å². The van der Waals surface area contributed by atoms with Gasteiger partial charge < -0.3 is 10.4 Å². The number of nitrogens with one attached hydrogen (secondary N) is 1. The molecule has 2 saturated heterocycles. The van der Waals surface area contributed by atoms with Crippen molar-refractivity contribution in [3.8, 4) is 0 Å². The molecule has 0 aromatic heterocycles. The molecule has 2 aliphatic rings. The van der Waals surface area contributed by atoms with Crippen molar-refractivity contribution in [2.24, 2.45) is 11.3 Å². The molecule has 0 spiro atoms. The number of hydrogen-bond donors (Lipinski definition) is 2. The van der Waals surface area contributed by atoms with Gasteiger partial charge in [0.05, 0.1) is 6.10 Å². The van der Waals surface area contributed by atoms with Gasteiger partial charge in [0.2, 0.25) is 0 Å². The van der Waals surface area contributed by atoms with Crippen LogP contribution in [0.2, 0.25) is 0 Å². The van der Waals surface area contributed by atoms with Crippen LogP contribution in [0.25, 0.3) is 0 Å². The molecule has 4 rings (SSSR count). The third-order valence-electron chi connectivity index (χ3n) is 6.38. The van der Waals surface area contributed by atoms with E-state index in [9.17, 15) is 5.11 Å². The van der Waals surface area contributed by atoms with Crippen LogP contribution in [0.15, 0.2) is 60.7 Å². The highest BCUT2D eigenvalue weighted by molar-refractivity contribution is 5.24. The molecule has 2 aromatic carbocycles. The summed E-state index contributed by atoms with van der Waals surface area (Å²) in [6.07, 6.45) is 0.774. The highest BCUT2D eigenvalue weighted by atomic mass is 16.3. The molecular weight excluding hydrogens is 308 g/mol. The number of rotatable bonds is 4. The van der Waals surface area contributed by atoms with Gasteiger partial charge >= 0.3 is 0 Å². The zero-order chi connectivity index (χ0) is 17.3. The number of likely N-dealkylation sites (tertiary alicyclic amines) is 1. The molecule has 0 amide bonds. The van der Waals surface area contributed by atoms with Gasteiger partial charge in [0.15, 0.2) is 0 Å². The lowest BCUT2D eigenvalue weighted by Gasteiger charge is -2.47. The number of nitrogens with zero attached hydrogens (tertiary/aromatic N) is 1. The molecule has 0 bridgehead atoms. The number of aliphatic hydroxyl groups excluding tert-OH is 1. The van der Waals surface area contributed by atoms with Crippen LogP contribution in [0, 0.1) is 11.3 Å². The molecule has 2 fully saturated rings. The maximum Gasteiger partial charge on any atom is 0.0584 e. The predicted octanol–water partition coefficient (Wildman–Crippen LogP) is 3.22. The maximum absolute atomic E-state index is 10.6. The first-order valence-corrected chi connectivity index (χ1v) is 9.42. The van der Waals surface area contributed by atoms with E-state index in [0.717, 1.165) is 32.6 Å². The molecule has 2 aromatic rings. The largest absolute Gasteiger partial charge is 0.393 e. The van der Waals surface area contributed by atoms with Gasteiger partial charge in [0, 0.05) is 37.0 Å². The van der Waals surface area contributed by atoms with Crippen LogP contribution in [0.4, 0.5) is 0 Å². The number of piperidine rings is 1. The Morgan fingerprint density at radius 1 is 1.12 bits per heavy atom. The lowest BCUT2D eigenvalue weighted by Crippen LogP contribution is -2.51. The topological polar surface area (TPSA) is 35.5 Å². The Bertz CT molecular complexity index is 688. The maximum atomic E-state index is 10.6. The van der Waals surface area contributed by atoms with Crippen LogP contribution in [-0.4, -0.2) is 35.7 Å². The standard InChI is InChI=1S/C22H28N2O/c1-17(25)22-12-13-24(14-18-8-4-2-5-9-18)15-20(22)21(23-16-22)19-10-6-3-7-11-19/h2-11,17,20-21,23,25H,12-16H2,1H3/t17-,20-,21-,22+/m1/s1. The summed E-state index contributed by atoms with van der Waals surface area (Å²) in [4.78, 5) is 2.56. The van der Waals surface area contributed by atoms with Crippen LogP contribution < -0.4 is 5.32 Å². The molecule has 0 saturated carbocycles. The Morgan fingerprint density at radius 3 is 2.48 bits per heavy atom. The predicted molar refractivity (Wildman–Crippen MR) is 101 cm³/mol. The lowest BCUT2D eigenvalue weighted by molar-refractivity contribution is -0.0399. The molecule has 2 aliphatic heterocycles. The summed E-state index contributed by atoms with van der Waals surface area (Å²) >= 11 is 0. The van der Waals surface area contributed by atoms with E-state index in [-0.39, 0.29) is 11.5 Å². The number of fused-ring (bicyclic) bond motifs is 1. The van der Waals surface area contributed by atoms with Crippen molar-refractivity contribution in [1.82, 2.24) is 10.2 Å². The minimum atomic E-state index is -0.280. The monoisotopic (exact) mass is 336 g/mol. The van der Waals surface area contributed by atoms with Gasteiger partial charge in [-0.1, -0.05) is 60.7 Å². The first-order chi connectivity index (χ1) is 12.2. The quantitative estimate of drug-likeness (QED) is 0.900. The van der Waals surface area contributed by atoms with Crippen LogP contribution in [0.3, 0.4) is 0 Å². The van der Waals surface area contributed by atoms with Crippen molar-refractivity contribution < 1.29 is 5.11 Å². The lowest BCUT2D eigenvalue weighted by atomic mass is 9.66. The van der Waals surface area contributed by atoms with E-state index in [2.05, 4.69) is 70.9 Å². The second kappa shape index (κ2) is 6.91. The average molecular weight is 336 g/mol. The molecule has 3 heteroatoms. The molecule has 132 valence electrons. The Kier molecular flexibility index (Phi) is 4.63. The van der Waals surface area contributed by atoms with Crippen molar-refractivity contribution >= 4 is 0 Å². The Hall–Kier alpha value is -1.68. The second-order valence-corrected chi connectivity index (χ2v) is 7.76. The molecule has 0 unspecified atom stereocenters. The van der Waals surface area contributed by atoms with Gasteiger partial charge in [-0.15, -0.1) is 0 Å². The number of aliphatic hydroxyl groups is 1. The molecule has 2 heterocycles. The molecule has 2 N–H and O–H groups in total. The molecular formula is C22H28N2O. The average Bonchev–Trinajstić information content (AvgIpc) is 3.04. The summed E-state index contributed by atoms with van der Waals surface area (Å²) in [5.74, 6) is 0.437. The van der Waals surface area contributed by atoms with Crippen molar-refractivity contribution in [1.29, 1.82) is 0 Å². The van der Waals surface area contributed by atoms with Crippen LogP contribution >= 0.6 is 0 Å². The van der Waals surface area contributed by atoms with E-state index in [1.54, 1.807) is 0 Å². The molecule has 0 aliphatic carbocycles. The second-order valence-electron chi connectivity index (χ2n) is 7.76. The van der Waals surface area contributed by atoms with E-state index in [4.69, 9.17) is 0 Å². The zero-order valence-electron chi connectivity index (χ0n) is 14.9. The van der Waals surface area contributed by atoms with Crippen molar-refractivity contribution in [3.63, 3.8) is 0 Å². The van der Waals surface area contributed by atoms with Crippen LogP contribution in [-0.2, 0) is 6.54 Å². The third kappa shape index (κ3) is 3.12. The normalized spacial score (nSPS) is 30.8.